The third-order valence-electron chi connectivity index (χ3n) is 6.38. The first-order valence-corrected chi connectivity index (χ1v) is 12.6. The van der Waals surface area contributed by atoms with Crippen LogP contribution in [0.2, 0.25) is 0 Å². The Morgan fingerprint density at radius 3 is 2.73 bits per heavy atom. The molecule has 2 aromatic heterocycles. The van der Waals surface area contributed by atoms with Gasteiger partial charge >= 0.3 is 0 Å². The molecule has 9 heteroatoms. The van der Waals surface area contributed by atoms with Gasteiger partial charge in [-0.1, -0.05) is 18.2 Å². The fourth-order valence-electron chi connectivity index (χ4n) is 4.46. The van der Waals surface area contributed by atoms with Gasteiger partial charge in [0.1, 0.15) is 11.6 Å². The van der Waals surface area contributed by atoms with E-state index >= 15 is 0 Å². The number of rotatable bonds is 6. The normalized spacial score (nSPS) is 15.1. The number of anilines is 1. The van der Waals surface area contributed by atoms with Crippen molar-refractivity contribution in [2.24, 2.45) is 10.8 Å². The number of phenolic OH excluding ortho intramolecular Hbond substituents is 1. The fraction of sp³-hybridized carbons (Fsp3) is 0.179. The van der Waals surface area contributed by atoms with Gasteiger partial charge in [-0.25, -0.2) is 9.40 Å². The quantitative estimate of drug-likeness (QED) is 0.369. The summed E-state index contributed by atoms with van der Waals surface area (Å²) in [6, 6.07) is 16.6. The van der Waals surface area contributed by atoms with Crippen molar-refractivity contribution in [3.8, 4) is 16.2 Å². The smallest absolute Gasteiger partial charge is 0.284 e. The molecule has 1 aliphatic rings. The molecule has 0 radical (unpaired) electrons. The van der Waals surface area contributed by atoms with Gasteiger partial charge in [0.2, 0.25) is 0 Å². The highest BCUT2D eigenvalue weighted by Crippen LogP contribution is 2.41. The summed E-state index contributed by atoms with van der Waals surface area (Å²) < 4.78 is 14.9. The van der Waals surface area contributed by atoms with Gasteiger partial charge in [0, 0.05) is 55.6 Å². The summed E-state index contributed by atoms with van der Waals surface area (Å²) in [5.41, 5.74) is 10.4. The van der Waals surface area contributed by atoms with E-state index < -0.39 is 11.9 Å². The van der Waals surface area contributed by atoms with Crippen LogP contribution in [0.25, 0.3) is 10.4 Å². The number of hydrogen-bond donors (Lipinski definition) is 2. The van der Waals surface area contributed by atoms with E-state index in [1.54, 1.807) is 24.5 Å². The molecule has 1 atom stereocenters. The van der Waals surface area contributed by atoms with E-state index in [0.29, 0.717) is 17.1 Å². The fourth-order valence-corrected chi connectivity index (χ4v) is 5.46. The number of nitrogens with zero attached hydrogens (tertiary/aromatic N) is 4. The summed E-state index contributed by atoms with van der Waals surface area (Å²) in [6.07, 6.45) is 3.55. The number of amides is 1. The lowest BCUT2D eigenvalue weighted by molar-refractivity contribution is 0.0712. The zero-order valence-electron chi connectivity index (χ0n) is 20.4. The highest BCUT2D eigenvalue weighted by molar-refractivity contribution is 7.17. The van der Waals surface area contributed by atoms with E-state index in [4.69, 9.17) is 5.73 Å². The zero-order chi connectivity index (χ0) is 26.1. The standard InChI is InChI=1S/C28H26FN5O2S/c1-33(2)19-8-9-20(18(13-19)15-30)25-10-11-26(37-25)28(36)34-23(27-21(29)6-3-7-24(27)35)14-22(32-34)17-5-4-12-31-16-17/h3-13,16,23,35H,14-15,30H2,1-2H3. The number of carbonyl (C=O) groups excluding carboxylic acids is 1. The van der Waals surface area contributed by atoms with Crippen molar-refractivity contribution >= 4 is 28.6 Å². The van der Waals surface area contributed by atoms with Crippen LogP contribution in [-0.4, -0.2) is 40.8 Å². The minimum Gasteiger partial charge on any atom is -0.507 e. The number of nitrogens with two attached hydrogens (primary N) is 1. The Morgan fingerprint density at radius 1 is 1.19 bits per heavy atom. The van der Waals surface area contributed by atoms with Gasteiger partial charge in [-0.15, -0.1) is 11.3 Å². The second kappa shape index (κ2) is 10.1. The van der Waals surface area contributed by atoms with E-state index in [1.807, 2.05) is 49.3 Å². The number of carbonyl (C=O) groups is 1. The van der Waals surface area contributed by atoms with E-state index in [0.717, 1.165) is 27.3 Å². The molecule has 7 nitrogen and oxygen atoms in total. The molecule has 0 fully saturated rings. The number of phenols is 1. The predicted molar refractivity (Wildman–Crippen MR) is 144 cm³/mol. The SMILES string of the molecule is CN(C)c1ccc(-c2ccc(C(=O)N3N=C(c4cccnc4)CC3c3c(O)cccc3F)s2)c(CN)c1. The van der Waals surface area contributed by atoms with Gasteiger partial charge in [0.25, 0.3) is 5.91 Å². The molecule has 188 valence electrons. The number of hydrogen-bond acceptors (Lipinski definition) is 7. The van der Waals surface area contributed by atoms with Crippen molar-refractivity contribution in [1.29, 1.82) is 0 Å². The van der Waals surface area contributed by atoms with Crippen LogP contribution in [0.1, 0.15) is 38.8 Å². The van der Waals surface area contributed by atoms with E-state index in [1.165, 1.54) is 34.5 Å². The van der Waals surface area contributed by atoms with Crippen LogP contribution in [0.3, 0.4) is 0 Å². The summed E-state index contributed by atoms with van der Waals surface area (Å²) >= 11 is 1.33. The molecular formula is C28H26FN5O2S. The van der Waals surface area contributed by atoms with Crippen LogP contribution >= 0.6 is 11.3 Å². The zero-order valence-corrected chi connectivity index (χ0v) is 21.2. The predicted octanol–water partition coefficient (Wildman–Crippen LogP) is 5.17. The van der Waals surface area contributed by atoms with Crippen LogP contribution in [0.5, 0.6) is 5.75 Å². The average Bonchev–Trinajstić information content (AvgIpc) is 3.57. The molecule has 2 aromatic carbocycles. The van der Waals surface area contributed by atoms with Crippen molar-refractivity contribution in [1.82, 2.24) is 9.99 Å². The van der Waals surface area contributed by atoms with Crippen LogP contribution in [0.4, 0.5) is 10.1 Å². The lowest BCUT2D eigenvalue weighted by Gasteiger charge is -2.22. The monoisotopic (exact) mass is 515 g/mol. The Labute approximate surface area is 218 Å². The molecular weight excluding hydrogens is 489 g/mol. The largest absolute Gasteiger partial charge is 0.507 e. The van der Waals surface area contributed by atoms with Crippen molar-refractivity contribution in [3.63, 3.8) is 0 Å². The summed E-state index contributed by atoms with van der Waals surface area (Å²) in [4.78, 5) is 21.3. The van der Waals surface area contributed by atoms with Gasteiger partial charge in [0.15, 0.2) is 0 Å². The molecule has 3 heterocycles. The summed E-state index contributed by atoms with van der Waals surface area (Å²) in [5, 5.41) is 16.4. The Kier molecular flexibility index (Phi) is 6.73. The van der Waals surface area contributed by atoms with Gasteiger partial charge in [0.05, 0.1) is 22.2 Å². The molecule has 0 saturated carbocycles. The second-order valence-electron chi connectivity index (χ2n) is 8.93. The van der Waals surface area contributed by atoms with E-state index in [9.17, 15) is 14.3 Å². The lowest BCUT2D eigenvalue weighted by atomic mass is 9.97. The first-order valence-electron chi connectivity index (χ1n) is 11.8. The Hall–Kier alpha value is -4.08. The Bertz CT molecular complexity index is 1460. The van der Waals surface area contributed by atoms with Gasteiger partial charge in [-0.3, -0.25) is 9.78 Å². The van der Waals surface area contributed by atoms with Gasteiger partial charge < -0.3 is 15.7 Å². The number of halogens is 1. The van der Waals surface area contributed by atoms with Crippen molar-refractivity contribution in [2.75, 3.05) is 19.0 Å². The van der Waals surface area contributed by atoms with E-state index in [2.05, 4.69) is 10.1 Å². The number of pyridine rings is 1. The third kappa shape index (κ3) is 4.71. The molecule has 37 heavy (non-hydrogen) atoms. The molecule has 1 amide bonds. The minimum atomic E-state index is -0.798. The minimum absolute atomic E-state index is 0.0416. The first kappa shape index (κ1) is 24.6. The number of thiophene rings is 1. The third-order valence-corrected chi connectivity index (χ3v) is 7.49. The highest BCUT2D eigenvalue weighted by Gasteiger charge is 2.37. The molecule has 0 spiro atoms. The number of benzene rings is 2. The van der Waals surface area contributed by atoms with Crippen LogP contribution in [-0.2, 0) is 6.54 Å². The van der Waals surface area contributed by atoms with Gasteiger partial charge in [-0.05, 0) is 53.6 Å². The summed E-state index contributed by atoms with van der Waals surface area (Å²) in [5.74, 6) is -1.18. The summed E-state index contributed by atoms with van der Waals surface area (Å²) in [6.45, 7) is 0.359. The molecule has 1 aliphatic heterocycles. The van der Waals surface area contributed by atoms with Crippen molar-refractivity contribution in [2.45, 2.75) is 19.0 Å². The van der Waals surface area contributed by atoms with Crippen molar-refractivity contribution < 1.29 is 14.3 Å². The van der Waals surface area contributed by atoms with E-state index in [-0.39, 0.29) is 23.6 Å². The molecule has 0 bridgehead atoms. The maximum Gasteiger partial charge on any atom is 0.284 e. The molecule has 3 N–H and O–H groups in total. The molecule has 0 aliphatic carbocycles. The van der Waals surface area contributed by atoms with Gasteiger partial charge in [-0.2, -0.15) is 5.10 Å². The molecule has 1 unspecified atom stereocenters. The second-order valence-corrected chi connectivity index (χ2v) is 10.0. The molecule has 4 aromatic rings. The number of aromatic nitrogens is 1. The highest BCUT2D eigenvalue weighted by atomic mass is 32.1. The van der Waals surface area contributed by atoms with Crippen LogP contribution in [0.15, 0.2) is 78.2 Å². The number of aromatic hydroxyl groups is 1. The number of hydrazone groups is 1. The molecule has 0 saturated heterocycles. The van der Waals surface area contributed by atoms with Crippen LogP contribution in [0, 0.1) is 5.82 Å². The molecule has 5 rings (SSSR count). The Morgan fingerprint density at radius 2 is 2.03 bits per heavy atom. The maximum atomic E-state index is 14.9. The lowest BCUT2D eigenvalue weighted by Crippen LogP contribution is -2.27. The van der Waals surface area contributed by atoms with Crippen molar-refractivity contribution in [3.05, 3.63) is 100 Å². The maximum absolute atomic E-state index is 14.9. The Balaban J connectivity index is 1.52. The first-order chi connectivity index (χ1) is 17.9. The topological polar surface area (TPSA) is 95.0 Å². The summed E-state index contributed by atoms with van der Waals surface area (Å²) in [7, 11) is 3.94. The average molecular weight is 516 g/mol. The van der Waals surface area contributed by atoms with Crippen LogP contribution < -0.4 is 10.6 Å².